The number of aryl methyl sites for hydroxylation is 1. The first-order chi connectivity index (χ1) is 31.9. The van der Waals surface area contributed by atoms with Gasteiger partial charge >= 0.3 is 0 Å². The first kappa shape index (κ1) is 44.9. The second-order valence-electron chi connectivity index (χ2n) is 19.1. The molecule has 66 heavy (non-hydrogen) atoms. The lowest BCUT2D eigenvalue weighted by Crippen LogP contribution is -2.54. The summed E-state index contributed by atoms with van der Waals surface area (Å²) < 4.78 is 5.97. The Labute approximate surface area is 385 Å². The summed E-state index contributed by atoms with van der Waals surface area (Å²) in [6.45, 7) is 12.1. The van der Waals surface area contributed by atoms with Crippen molar-refractivity contribution >= 4 is 51.9 Å². The van der Waals surface area contributed by atoms with Crippen LogP contribution in [0.5, 0.6) is 5.75 Å². The van der Waals surface area contributed by atoms with E-state index in [1.54, 1.807) is 24.3 Å². The van der Waals surface area contributed by atoms with Crippen molar-refractivity contribution in [1.82, 2.24) is 25.0 Å². The molecule has 14 nitrogen and oxygen atoms in total. The lowest BCUT2D eigenvalue weighted by atomic mass is 9.70. The first-order valence-electron chi connectivity index (χ1n) is 23.9. The van der Waals surface area contributed by atoms with E-state index in [1.165, 1.54) is 11.3 Å². The van der Waals surface area contributed by atoms with E-state index in [9.17, 15) is 34.0 Å². The number of piperazine rings is 1. The summed E-state index contributed by atoms with van der Waals surface area (Å²) in [6, 6.07) is 16.5. The van der Waals surface area contributed by atoms with Gasteiger partial charge in [-0.2, -0.15) is 5.26 Å². The van der Waals surface area contributed by atoms with Gasteiger partial charge in [-0.05, 0) is 86.1 Å². The quantitative estimate of drug-likeness (QED) is 0.101. The van der Waals surface area contributed by atoms with Crippen molar-refractivity contribution < 1.29 is 33.5 Å². The average Bonchev–Trinajstić information content (AvgIpc) is 3.84. The fourth-order valence-electron chi connectivity index (χ4n) is 11.0. The maximum atomic E-state index is 14.1. The SMILES string of the molecule is CCc1cc2c(cc1N1CCC(N3CCN(C(=O)CCCCCCCCOc4cccc5c4C(=O)N(C4CCC(=O)NC4=O)C5=O)CC3)CC1)C(C)(C)c1[nH]c3cc(C#N)ccc3c1C2=O. The molecule has 0 radical (unpaired) electrons. The van der Waals surface area contributed by atoms with Crippen molar-refractivity contribution in [3.05, 3.63) is 93.2 Å². The van der Waals surface area contributed by atoms with Gasteiger partial charge in [0.05, 0.1) is 34.9 Å². The van der Waals surface area contributed by atoms with Crippen LogP contribution in [0.2, 0.25) is 0 Å². The minimum atomic E-state index is -1.02. The summed E-state index contributed by atoms with van der Waals surface area (Å²) in [6.07, 6.45) is 9.25. The highest BCUT2D eigenvalue weighted by Crippen LogP contribution is 2.46. The maximum absolute atomic E-state index is 14.1. The van der Waals surface area contributed by atoms with Crippen molar-refractivity contribution in [2.75, 3.05) is 50.8 Å². The van der Waals surface area contributed by atoms with Gasteiger partial charge in [-0.1, -0.05) is 58.6 Å². The zero-order chi connectivity index (χ0) is 46.3. The maximum Gasteiger partial charge on any atom is 0.266 e. The Kier molecular flexibility index (Phi) is 12.6. The molecular formula is C52H59N7O7. The molecule has 5 aliphatic rings. The fraction of sp³-hybridized carbons (Fsp3) is 0.481. The monoisotopic (exact) mass is 893 g/mol. The Morgan fingerprint density at radius 2 is 1.58 bits per heavy atom. The molecule has 9 rings (SSSR count). The fourth-order valence-corrected chi connectivity index (χ4v) is 11.0. The summed E-state index contributed by atoms with van der Waals surface area (Å²) in [7, 11) is 0. The number of aromatic amines is 1. The highest BCUT2D eigenvalue weighted by Gasteiger charge is 2.46. The first-order valence-corrected chi connectivity index (χ1v) is 23.9. The zero-order valence-electron chi connectivity index (χ0n) is 38.3. The zero-order valence-corrected chi connectivity index (χ0v) is 38.3. The Bertz CT molecular complexity index is 2660. The number of nitriles is 1. The number of nitrogens with zero attached hydrogens (tertiary/aromatic N) is 5. The second kappa shape index (κ2) is 18.5. The van der Waals surface area contributed by atoms with Crippen molar-refractivity contribution in [3.63, 3.8) is 0 Å². The van der Waals surface area contributed by atoms with E-state index in [1.807, 2.05) is 17.0 Å². The van der Waals surface area contributed by atoms with Crippen molar-refractivity contribution in [2.45, 2.75) is 115 Å². The number of fused-ring (bicyclic) bond motifs is 5. The van der Waals surface area contributed by atoms with E-state index >= 15 is 0 Å². The predicted octanol–water partition coefficient (Wildman–Crippen LogP) is 6.80. The number of H-pyrrole nitrogens is 1. The van der Waals surface area contributed by atoms with E-state index in [-0.39, 0.29) is 35.7 Å². The number of ether oxygens (including phenoxy) is 1. The number of benzene rings is 3. The number of hydrogen-bond acceptors (Lipinski definition) is 10. The number of amides is 5. The van der Waals surface area contributed by atoms with Crippen molar-refractivity contribution in [3.8, 4) is 11.8 Å². The van der Waals surface area contributed by atoms with Gasteiger partial charge in [0, 0.05) is 91.4 Å². The molecule has 3 fully saturated rings. The third kappa shape index (κ3) is 8.27. The Morgan fingerprint density at radius 1 is 0.833 bits per heavy atom. The van der Waals surface area contributed by atoms with Gasteiger partial charge in [0.25, 0.3) is 11.8 Å². The van der Waals surface area contributed by atoms with Crippen molar-refractivity contribution in [2.24, 2.45) is 0 Å². The van der Waals surface area contributed by atoms with E-state index in [0.717, 1.165) is 135 Å². The molecule has 4 aliphatic heterocycles. The molecule has 5 heterocycles. The van der Waals surface area contributed by atoms with Crippen LogP contribution < -0.4 is 15.0 Å². The Balaban J connectivity index is 0.684. The molecular weight excluding hydrogens is 835 g/mol. The lowest BCUT2D eigenvalue weighted by molar-refractivity contribution is -0.136. The van der Waals surface area contributed by atoms with Gasteiger partial charge in [0.15, 0.2) is 5.78 Å². The number of carbonyl (C=O) groups is 6. The van der Waals surface area contributed by atoms with Crippen LogP contribution in [-0.4, -0.2) is 113 Å². The van der Waals surface area contributed by atoms with Gasteiger partial charge < -0.3 is 19.5 Å². The number of piperidine rings is 2. The van der Waals surface area contributed by atoms with Crippen LogP contribution in [0.4, 0.5) is 5.69 Å². The normalized spacial score (nSPS) is 19.8. The second-order valence-corrected chi connectivity index (χ2v) is 19.1. The number of carbonyl (C=O) groups excluding carboxylic acids is 6. The number of anilines is 1. The summed E-state index contributed by atoms with van der Waals surface area (Å²) >= 11 is 0. The van der Waals surface area contributed by atoms with Crippen LogP contribution in [0.15, 0.2) is 48.5 Å². The number of imide groups is 2. The molecule has 0 bridgehead atoms. The number of ketones is 1. The van der Waals surface area contributed by atoms with Crippen LogP contribution >= 0.6 is 0 Å². The number of unbranched alkanes of at least 4 members (excludes halogenated alkanes) is 5. The highest BCUT2D eigenvalue weighted by atomic mass is 16.5. The van der Waals surface area contributed by atoms with E-state index in [2.05, 4.69) is 59.1 Å². The van der Waals surface area contributed by atoms with Gasteiger partial charge in [-0.25, -0.2) is 0 Å². The summed E-state index contributed by atoms with van der Waals surface area (Å²) in [5.74, 6) is -1.56. The third-order valence-electron chi connectivity index (χ3n) is 14.8. The highest BCUT2D eigenvalue weighted by molar-refractivity contribution is 6.24. The van der Waals surface area contributed by atoms with E-state index in [4.69, 9.17) is 4.74 Å². The molecule has 3 saturated heterocycles. The van der Waals surface area contributed by atoms with Crippen LogP contribution in [0.25, 0.3) is 10.9 Å². The van der Waals surface area contributed by atoms with Gasteiger partial charge in [0.2, 0.25) is 17.7 Å². The molecule has 14 heteroatoms. The molecule has 4 aromatic rings. The molecule has 1 aliphatic carbocycles. The van der Waals surface area contributed by atoms with Gasteiger partial charge in [-0.3, -0.25) is 43.9 Å². The largest absolute Gasteiger partial charge is 0.493 e. The van der Waals surface area contributed by atoms with Crippen LogP contribution in [0, 0.1) is 11.3 Å². The topological polar surface area (TPSA) is 176 Å². The minimum Gasteiger partial charge on any atom is -0.493 e. The summed E-state index contributed by atoms with van der Waals surface area (Å²) in [5.41, 5.74) is 7.20. The Morgan fingerprint density at radius 3 is 2.30 bits per heavy atom. The smallest absolute Gasteiger partial charge is 0.266 e. The molecule has 0 saturated carbocycles. The average molecular weight is 894 g/mol. The molecule has 1 aromatic heterocycles. The molecule has 1 atom stereocenters. The summed E-state index contributed by atoms with van der Waals surface area (Å²) in [5, 5.41) is 12.6. The molecule has 0 spiro atoms. The van der Waals surface area contributed by atoms with Crippen molar-refractivity contribution in [1.29, 1.82) is 5.26 Å². The van der Waals surface area contributed by atoms with Crippen LogP contribution in [-0.2, 0) is 26.2 Å². The van der Waals surface area contributed by atoms with Gasteiger partial charge in [-0.15, -0.1) is 0 Å². The molecule has 1 unspecified atom stereocenters. The van der Waals surface area contributed by atoms with E-state index < -0.39 is 35.1 Å². The van der Waals surface area contributed by atoms with Crippen LogP contribution in [0.3, 0.4) is 0 Å². The standard InChI is InChI=1S/C52H59N7O7/c1-4-33-29-37-38(52(2,3)48-46(47(37)62)35-16-15-32(31-53)28-39(35)54-48)30-41(33)57-21-19-34(20-22-57)56-23-25-58(26-24-56)44(61)14-9-7-5-6-8-10-27-66-42-13-11-12-36-45(42)51(65)59(50(36)64)40-17-18-43(60)55-49(40)63/h11-13,15-16,28-30,34,40,54H,4-10,14,17-27H2,1-3H3,(H,55,60,63). The number of aromatic nitrogens is 1. The van der Waals surface area contributed by atoms with Gasteiger partial charge in [0.1, 0.15) is 11.8 Å². The molecule has 5 amide bonds. The van der Waals surface area contributed by atoms with E-state index in [0.29, 0.717) is 30.4 Å². The molecule has 2 N–H and O–H groups in total. The van der Waals surface area contributed by atoms with Crippen LogP contribution in [0.1, 0.15) is 150 Å². The third-order valence-corrected chi connectivity index (χ3v) is 14.8. The number of hydrogen-bond donors (Lipinski definition) is 2. The minimum absolute atomic E-state index is 0.0442. The predicted molar refractivity (Wildman–Crippen MR) is 249 cm³/mol. The number of rotatable bonds is 14. The summed E-state index contributed by atoms with van der Waals surface area (Å²) in [4.78, 5) is 89.4. The lowest BCUT2D eigenvalue weighted by Gasteiger charge is -2.44. The molecule has 3 aromatic carbocycles. The molecule has 344 valence electrons. The number of nitrogens with one attached hydrogen (secondary N) is 2. The Hall–Kier alpha value is -6.33.